The summed E-state index contributed by atoms with van der Waals surface area (Å²) in [6.45, 7) is 5.65. The highest BCUT2D eigenvalue weighted by molar-refractivity contribution is 5.95. The van der Waals surface area contributed by atoms with Crippen molar-refractivity contribution in [1.82, 2.24) is 24.2 Å². The molecule has 2 heterocycles. The van der Waals surface area contributed by atoms with E-state index in [-0.39, 0.29) is 5.91 Å². The summed E-state index contributed by atoms with van der Waals surface area (Å²) in [5, 5.41) is 4.50. The van der Waals surface area contributed by atoms with Gasteiger partial charge in [-0.1, -0.05) is 25.1 Å². The third-order valence-corrected chi connectivity index (χ3v) is 4.59. The van der Waals surface area contributed by atoms with E-state index in [1.54, 1.807) is 23.6 Å². The molecular formula is C20H25N5O. The van der Waals surface area contributed by atoms with E-state index in [0.717, 1.165) is 36.3 Å². The van der Waals surface area contributed by atoms with Crippen LogP contribution in [-0.4, -0.2) is 43.7 Å². The van der Waals surface area contributed by atoms with Gasteiger partial charge < -0.3 is 9.47 Å². The van der Waals surface area contributed by atoms with Crippen LogP contribution in [0.1, 0.15) is 35.0 Å². The number of carbonyl (C=O) groups is 1. The van der Waals surface area contributed by atoms with Gasteiger partial charge in [0.25, 0.3) is 5.91 Å². The number of hydrogen-bond acceptors (Lipinski definition) is 3. The Labute approximate surface area is 154 Å². The summed E-state index contributed by atoms with van der Waals surface area (Å²) < 4.78 is 3.91. The van der Waals surface area contributed by atoms with Gasteiger partial charge in [-0.3, -0.25) is 4.79 Å². The van der Waals surface area contributed by atoms with Gasteiger partial charge in [0.1, 0.15) is 0 Å². The van der Waals surface area contributed by atoms with Crippen LogP contribution in [0, 0.1) is 6.92 Å². The van der Waals surface area contributed by atoms with Gasteiger partial charge in [-0.2, -0.15) is 5.10 Å². The smallest absolute Gasteiger partial charge is 0.257 e. The Bertz CT molecular complexity index is 866. The molecule has 0 saturated carbocycles. The van der Waals surface area contributed by atoms with Crippen LogP contribution >= 0.6 is 0 Å². The lowest BCUT2D eigenvalue weighted by molar-refractivity contribution is 0.0791. The van der Waals surface area contributed by atoms with Crippen molar-refractivity contribution >= 4 is 5.91 Å². The number of imidazole rings is 1. The average molecular weight is 351 g/mol. The van der Waals surface area contributed by atoms with Crippen molar-refractivity contribution in [1.29, 1.82) is 0 Å². The number of para-hydroxylation sites is 1. The first kappa shape index (κ1) is 17.9. The van der Waals surface area contributed by atoms with E-state index in [9.17, 15) is 4.79 Å². The number of aryl methyl sites for hydroxylation is 2. The maximum absolute atomic E-state index is 12.9. The molecule has 0 bridgehead atoms. The quantitative estimate of drug-likeness (QED) is 0.657. The average Bonchev–Trinajstić information content (AvgIpc) is 3.30. The molecule has 0 aliphatic heterocycles. The lowest BCUT2D eigenvalue weighted by atomic mass is 10.1. The number of aromatic nitrogens is 4. The minimum absolute atomic E-state index is 0.0207. The second kappa shape index (κ2) is 7.99. The molecule has 0 atom stereocenters. The van der Waals surface area contributed by atoms with Gasteiger partial charge in [0, 0.05) is 32.5 Å². The van der Waals surface area contributed by atoms with Crippen molar-refractivity contribution in [2.24, 2.45) is 0 Å². The number of hydrogen-bond donors (Lipinski definition) is 0. The fraction of sp³-hybridized carbons (Fsp3) is 0.350. The molecule has 2 aromatic heterocycles. The Morgan fingerprint density at radius 2 is 2.08 bits per heavy atom. The second-order valence-electron chi connectivity index (χ2n) is 6.44. The van der Waals surface area contributed by atoms with Crippen molar-refractivity contribution in [2.45, 2.75) is 33.2 Å². The molecule has 0 aliphatic rings. The lowest BCUT2D eigenvalue weighted by Crippen LogP contribution is -2.29. The highest BCUT2D eigenvalue weighted by Gasteiger charge is 2.20. The van der Waals surface area contributed by atoms with Crippen LogP contribution in [-0.2, 0) is 13.0 Å². The molecule has 0 saturated heterocycles. The predicted octanol–water partition coefficient (Wildman–Crippen LogP) is 3.10. The van der Waals surface area contributed by atoms with E-state index in [1.807, 2.05) is 40.7 Å². The van der Waals surface area contributed by atoms with Crippen molar-refractivity contribution in [2.75, 3.05) is 13.6 Å². The van der Waals surface area contributed by atoms with Gasteiger partial charge in [0.05, 0.1) is 29.5 Å². The van der Waals surface area contributed by atoms with Crippen molar-refractivity contribution in [3.05, 3.63) is 66.0 Å². The molecule has 3 aromatic rings. The Morgan fingerprint density at radius 1 is 1.27 bits per heavy atom. The van der Waals surface area contributed by atoms with Crippen molar-refractivity contribution in [3.8, 4) is 5.69 Å². The van der Waals surface area contributed by atoms with E-state index in [1.165, 1.54) is 0 Å². The van der Waals surface area contributed by atoms with E-state index >= 15 is 0 Å². The van der Waals surface area contributed by atoms with Crippen LogP contribution in [0.5, 0.6) is 0 Å². The Kier molecular flexibility index (Phi) is 5.51. The fourth-order valence-corrected chi connectivity index (χ4v) is 3.12. The molecule has 6 nitrogen and oxygen atoms in total. The summed E-state index contributed by atoms with van der Waals surface area (Å²) in [7, 11) is 1.85. The lowest BCUT2D eigenvalue weighted by Gasteiger charge is -2.18. The number of amides is 1. The number of rotatable bonds is 7. The molecule has 3 rings (SSSR count). The van der Waals surface area contributed by atoms with Gasteiger partial charge >= 0.3 is 0 Å². The normalized spacial score (nSPS) is 10.9. The first-order valence-corrected chi connectivity index (χ1v) is 8.96. The number of nitrogens with zero attached hydrogens (tertiary/aromatic N) is 5. The third-order valence-electron chi connectivity index (χ3n) is 4.59. The molecular weight excluding hydrogens is 326 g/mol. The monoisotopic (exact) mass is 351 g/mol. The maximum Gasteiger partial charge on any atom is 0.257 e. The second-order valence-corrected chi connectivity index (χ2v) is 6.44. The summed E-state index contributed by atoms with van der Waals surface area (Å²) >= 11 is 0. The highest BCUT2D eigenvalue weighted by Crippen LogP contribution is 2.20. The molecule has 1 aromatic carbocycles. The van der Waals surface area contributed by atoms with Gasteiger partial charge in [0.2, 0.25) is 0 Å². The van der Waals surface area contributed by atoms with Crippen LogP contribution in [0.4, 0.5) is 0 Å². The number of benzene rings is 1. The number of carbonyl (C=O) groups excluding carboxylic acids is 1. The molecule has 0 aliphatic carbocycles. The SMILES string of the molecule is CCc1c(C(=O)N(C)CCCn2ccnc2)cnn1-c1ccccc1C. The Morgan fingerprint density at radius 3 is 2.77 bits per heavy atom. The topological polar surface area (TPSA) is 56.0 Å². The molecule has 26 heavy (non-hydrogen) atoms. The van der Waals surface area contributed by atoms with Crippen LogP contribution in [0.15, 0.2) is 49.2 Å². The predicted molar refractivity (Wildman–Crippen MR) is 101 cm³/mol. The zero-order valence-electron chi connectivity index (χ0n) is 15.6. The van der Waals surface area contributed by atoms with E-state index in [4.69, 9.17) is 0 Å². The minimum atomic E-state index is 0.0207. The zero-order valence-corrected chi connectivity index (χ0v) is 15.6. The largest absolute Gasteiger partial charge is 0.342 e. The summed E-state index contributed by atoms with van der Waals surface area (Å²) in [6.07, 6.45) is 8.82. The molecule has 0 unspecified atom stereocenters. The van der Waals surface area contributed by atoms with Crippen LogP contribution in [0.25, 0.3) is 5.69 Å². The molecule has 0 N–H and O–H groups in total. The summed E-state index contributed by atoms with van der Waals surface area (Å²) in [5.74, 6) is 0.0207. The van der Waals surface area contributed by atoms with E-state index in [2.05, 4.69) is 30.0 Å². The maximum atomic E-state index is 12.9. The first-order chi connectivity index (χ1) is 12.6. The van der Waals surface area contributed by atoms with Crippen LogP contribution in [0.3, 0.4) is 0 Å². The minimum Gasteiger partial charge on any atom is -0.342 e. The molecule has 6 heteroatoms. The van der Waals surface area contributed by atoms with Gasteiger partial charge in [0.15, 0.2) is 0 Å². The van der Waals surface area contributed by atoms with Crippen LogP contribution < -0.4 is 0 Å². The van der Waals surface area contributed by atoms with E-state index < -0.39 is 0 Å². The van der Waals surface area contributed by atoms with Gasteiger partial charge in [-0.25, -0.2) is 9.67 Å². The molecule has 1 amide bonds. The summed E-state index contributed by atoms with van der Waals surface area (Å²) in [6, 6.07) is 8.09. The van der Waals surface area contributed by atoms with Crippen molar-refractivity contribution < 1.29 is 4.79 Å². The summed E-state index contributed by atoms with van der Waals surface area (Å²) in [5.41, 5.74) is 3.79. The van der Waals surface area contributed by atoms with Crippen LogP contribution in [0.2, 0.25) is 0 Å². The van der Waals surface area contributed by atoms with Gasteiger partial charge in [-0.15, -0.1) is 0 Å². The molecule has 0 spiro atoms. The van der Waals surface area contributed by atoms with Gasteiger partial charge in [-0.05, 0) is 31.4 Å². The molecule has 0 radical (unpaired) electrons. The highest BCUT2D eigenvalue weighted by atomic mass is 16.2. The zero-order chi connectivity index (χ0) is 18.5. The summed E-state index contributed by atoms with van der Waals surface area (Å²) in [4.78, 5) is 18.7. The molecule has 136 valence electrons. The molecule has 0 fully saturated rings. The first-order valence-electron chi connectivity index (χ1n) is 8.96. The van der Waals surface area contributed by atoms with Crippen molar-refractivity contribution in [3.63, 3.8) is 0 Å². The third kappa shape index (κ3) is 3.69. The Hall–Kier alpha value is -2.89. The van der Waals surface area contributed by atoms with E-state index in [0.29, 0.717) is 12.1 Å². The fourth-order valence-electron chi connectivity index (χ4n) is 3.12. The standard InChI is InChI=1S/C20H25N5O/c1-4-18-17(14-22-25(18)19-9-6-5-8-16(19)2)20(26)23(3)11-7-12-24-13-10-21-15-24/h5-6,8-10,13-15H,4,7,11-12H2,1-3H3. The Balaban J connectivity index is 1.74.